The number of ether oxygens (including phenoxy) is 1. The summed E-state index contributed by atoms with van der Waals surface area (Å²) in [6, 6.07) is 8.32. The molecule has 1 aromatic rings. The molecule has 0 saturated carbocycles. The maximum Gasteiger partial charge on any atom is 0.328 e. The first-order chi connectivity index (χ1) is 11.2. The molecular formula is C19H29NO3. The van der Waals surface area contributed by atoms with E-state index < -0.39 is 6.04 Å². The Morgan fingerprint density at radius 3 is 2.30 bits per heavy atom. The first-order valence-corrected chi connectivity index (χ1v) is 8.71. The molecule has 23 heavy (non-hydrogen) atoms. The van der Waals surface area contributed by atoms with Crippen molar-refractivity contribution in [2.75, 3.05) is 6.61 Å². The summed E-state index contributed by atoms with van der Waals surface area (Å²) in [6.07, 6.45) is 7.42. The molecule has 4 heteroatoms. The minimum Gasteiger partial charge on any atom is -0.464 e. The predicted molar refractivity (Wildman–Crippen MR) is 92.3 cm³/mol. The fraction of sp³-hybridized carbons (Fsp3) is 0.579. The van der Waals surface area contributed by atoms with Gasteiger partial charge in [0.1, 0.15) is 6.04 Å². The summed E-state index contributed by atoms with van der Waals surface area (Å²) in [7, 11) is 0. The Morgan fingerprint density at radius 1 is 1.00 bits per heavy atom. The lowest BCUT2D eigenvalue weighted by Gasteiger charge is -2.16. The molecule has 0 radical (unpaired) electrons. The van der Waals surface area contributed by atoms with Gasteiger partial charge in [-0.15, -0.1) is 0 Å². The van der Waals surface area contributed by atoms with Gasteiger partial charge in [-0.1, -0.05) is 64.2 Å². The van der Waals surface area contributed by atoms with E-state index in [2.05, 4.69) is 12.2 Å². The Morgan fingerprint density at radius 2 is 1.65 bits per heavy atom. The van der Waals surface area contributed by atoms with E-state index in [1.165, 1.54) is 25.7 Å². The molecule has 0 aliphatic heterocycles. The number of rotatable bonds is 11. The van der Waals surface area contributed by atoms with Crippen LogP contribution in [0, 0.1) is 0 Å². The normalized spacial score (nSPS) is 11.7. The fourth-order valence-corrected chi connectivity index (χ4v) is 2.31. The minimum absolute atomic E-state index is 0.242. The number of unbranched alkanes of at least 4 members (excludes halogenated alkanes) is 5. The fourth-order valence-electron chi connectivity index (χ4n) is 2.31. The molecule has 1 atom stereocenters. The smallest absolute Gasteiger partial charge is 0.328 e. The summed E-state index contributed by atoms with van der Waals surface area (Å²) >= 11 is 0. The summed E-state index contributed by atoms with van der Waals surface area (Å²) in [6.45, 7) is 4.49. The molecule has 128 valence electrons. The van der Waals surface area contributed by atoms with Crippen molar-refractivity contribution in [2.45, 2.75) is 64.8 Å². The maximum atomic E-state index is 12.1. The van der Waals surface area contributed by atoms with Gasteiger partial charge in [-0.3, -0.25) is 4.79 Å². The zero-order valence-corrected chi connectivity index (χ0v) is 14.3. The topological polar surface area (TPSA) is 55.4 Å². The molecule has 0 aliphatic rings. The second-order valence-electron chi connectivity index (χ2n) is 5.74. The van der Waals surface area contributed by atoms with Crippen molar-refractivity contribution < 1.29 is 14.3 Å². The molecule has 1 amide bonds. The summed E-state index contributed by atoms with van der Waals surface area (Å²) in [5.41, 5.74) is 0.551. The van der Waals surface area contributed by atoms with Gasteiger partial charge in [-0.2, -0.15) is 0 Å². The number of esters is 1. The van der Waals surface area contributed by atoms with Gasteiger partial charge in [0.2, 0.25) is 0 Å². The standard InChI is InChI=1S/C19H29NO3/c1-3-5-6-7-8-12-15-23-19(22)17(4-2)20-18(21)16-13-10-9-11-14-16/h9-11,13-14,17H,3-8,12,15H2,1-2H3,(H,20,21). The van der Waals surface area contributed by atoms with Gasteiger partial charge in [-0.25, -0.2) is 4.79 Å². The maximum absolute atomic E-state index is 12.1. The molecule has 0 aliphatic carbocycles. The second kappa shape index (κ2) is 11.7. The third kappa shape index (κ3) is 7.82. The molecule has 0 fully saturated rings. The van der Waals surface area contributed by atoms with Crippen molar-refractivity contribution in [2.24, 2.45) is 0 Å². The lowest BCUT2D eigenvalue weighted by atomic mass is 10.1. The van der Waals surface area contributed by atoms with Crippen molar-refractivity contribution in [3.63, 3.8) is 0 Å². The zero-order valence-electron chi connectivity index (χ0n) is 14.3. The van der Waals surface area contributed by atoms with E-state index in [0.29, 0.717) is 18.6 Å². The molecule has 0 spiro atoms. The van der Waals surface area contributed by atoms with E-state index in [-0.39, 0.29) is 11.9 Å². The molecule has 0 saturated heterocycles. The van der Waals surface area contributed by atoms with Gasteiger partial charge in [-0.05, 0) is 25.0 Å². The Bertz CT molecular complexity index is 459. The molecule has 0 aromatic heterocycles. The Balaban J connectivity index is 2.28. The van der Waals surface area contributed by atoms with Crippen molar-refractivity contribution in [3.8, 4) is 0 Å². The molecule has 0 bridgehead atoms. The van der Waals surface area contributed by atoms with E-state index in [0.717, 1.165) is 12.8 Å². The Kier molecular flexibility index (Phi) is 9.76. The van der Waals surface area contributed by atoms with E-state index in [9.17, 15) is 9.59 Å². The van der Waals surface area contributed by atoms with E-state index in [1.54, 1.807) is 24.3 Å². The third-order valence-corrected chi connectivity index (χ3v) is 3.78. The molecule has 1 rings (SSSR count). The Labute approximate surface area is 139 Å². The van der Waals surface area contributed by atoms with Gasteiger partial charge >= 0.3 is 5.97 Å². The van der Waals surface area contributed by atoms with Crippen LogP contribution in [0.15, 0.2) is 30.3 Å². The second-order valence-corrected chi connectivity index (χ2v) is 5.74. The van der Waals surface area contributed by atoms with E-state index in [4.69, 9.17) is 4.74 Å². The number of carbonyl (C=O) groups excluding carboxylic acids is 2. The highest BCUT2D eigenvalue weighted by molar-refractivity contribution is 5.96. The summed E-state index contributed by atoms with van der Waals surface area (Å²) in [5.74, 6) is -0.584. The van der Waals surface area contributed by atoms with Crippen molar-refractivity contribution in [3.05, 3.63) is 35.9 Å². The van der Waals surface area contributed by atoms with Gasteiger partial charge in [0, 0.05) is 5.56 Å². The van der Waals surface area contributed by atoms with Crippen LogP contribution in [0.3, 0.4) is 0 Å². The molecule has 1 unspecified atom stereocenters. The zero-order chi connectivity index (χ0) is 16.9. The monoisotopic (exact) mass is 319 g/mol. The number of hydrogen-bond donors (Lipinski definition) is 1. The molecule has 0 heterocycles. The molecule has 1 aromatic carbocycles. The van der Waals surface area contributed by atoms with Crippen LogP contribution in [-0.2, 0) is 9.53 Å². The lowest BCUT2D eigenvalue weighted by Crippen LogP contribution is -2.41. The summed E-state index contributed by atoms with van der Waals surface area (Å²) in [4.78, 5) is 24.1. The minimum atomic E-state index is -0.581. The van der Waals surface area contributed by atoms with Crippen LogP contribution in [0.4, 0.5) is 0 Å². The van der Waals surface area contributed by atoms with Crippen molar-refractivity contribution >= 4 is 11.9 Å². The predicted octanol–water partition coefficient (Wildman–Crippen LogP) is 4.10. The number of amides is 1. The first-order valence-electron chi connectivity index (χ1n) is 8.71. The van der Waals surface area contributed by atoms with Gasteiger partial charge in [0.25, 0.3) is 5.91 Å². The van der Waals surface area contributed by atoms with Crippen LogP contribution < -0.4 is 5.32 Å². The highest BCUT2D eigenvalue weighted by atomic mass is 16.5. The molecule has 4 nitrogen and oxygen atoms in total. The largest absolute Gasteiger partial charge is 0.464 e. The number of benzene rings is 1. The van der Waals surface area contributed by atoms with Crippen LogP contribution in [0.5, 0.6) is 0 Å². The SMILES string of the molecule is CCCCCCCCOC(=O)C(CC)NC(=O)c1ccccc1. The van der Waals surface area contributed by atoms with Crippen LogP contribution in [0.2, 0.25) is 0 Å². The highest BCUT2D eigenvalue weighted by Crippen LogP contribution is 2.06. The number of nitrogens with one attached hydrogen (secondary N) is 1. The number of carbonyl (C=O) groups is 2. The van der Waals surface area contributed by atoms with E-state index >= 15 is 0 Å². The van der Waals surface area contributed by atoms with Gasteiger partial charge < -0.3 is 10.1 Å². The van der Waals surface area contributed by atoms with Crippen molar-refractivity contribution in [1.29, 1.82) is 0 Å². The summed E-state index contributed by atoms with van der Waals surface area (Å²) < 4.78 is 5.28. The lowest BCUT2D eigenvalue weighted by molar-refractivity contribution is -0.146. The Hall–Kier alpha value is -1.84. The van der Waals surface area contributed by atoms with E-state index in [1.807, 2.05) is 13.0 Å². The molecular weight excluding hydrogens is 290 g/mol. The average Bonchev–Trinajstić information content (AvgIpc) is 2.59. The van der Waals surface area contributed by atoms with Gasteiger partial charge in [0.05, 0.1) is 6.61 Å². The highest BCUT2D eigenvalue weighted by Gasteiger charge is 2.20. The van der Waals surface area contributed by atoms with Crippen LogP contribution in [0.25, 0.3) is 0 Å². The third-order valence-electron chi connectivity index (χ3n) is 3.78. The van der Waals surface area contributed by atoms with Crippen LogP contribution in [0.1, 0.15) is 69.2 Å². The molecule has 1 N–H and O–H groups in total. The number of hydrogen-bond acceptors (Lipinski definition) is 3. The van der Waals surface area contributed by atoms with Crippen molar-refractivity contribution in [1.82, 2.24) is 5.32 Å². The van der Waals surface area contributed by atoms with Crippen LogP contribution in [-0.4, -0.2) is 24.5 Å². The quantitative estimate of drug-likeness (QED) is 0.493. The van der Waals surface area contributed by atoms with Gasteiger partial charge in [0.15, 0.2) is 0 Å². The first kappa shape index (κ1) is 19.2. The average molecular weight is 319 g/mol. The van der Waals surface area contributed by atoms with Crippen LogP contribution >= 0.6 is 0 Å². The summed E-state index contributed by atoms with van der Waals surface area (Å²) in [5, 5.41) is 2.74.